The van der Waals surface area contributed by atoms with E-state index in [1.165, 1.54) is 11.3 Å². The molecule has 0 aliphatic carbocycles. The standard InChI is InChI=1S/C13H14ClN3OS/c14-9-1-3-16-10-5-11(19-12(9)10)13(18)17-4-2-8(6-15)7-17/h1,3,5,8H,2,4,6-7,15H2. The van der Waals surface area contributed by atoms with Crippen LogP contribution >= 0.6 is 22.9 Å². The molecule has 1 amide bonds. The fraction of sp³-hybridized carbons (Fsp3) is 0.385. The van der Waals surface area contributed by atoms with Crippen LogP contribution in [0, 0.1) is 5.92 Å². The first kappa shape index (κ1) is 12.8. The van der Waals surface area contributed by atoms with Crippen molar-refractivity contribution < 1.29 is 4.79 Å². The highest BCUT2D eigenvalue weighted by atomic mass is 35.5. The van der Waals surface area contributed by atoms with Crippen molar-refractivity contribution in [1.29, 1.82) is 0 Å². The summed E-state index contributed by atoms with van der Waals surface area (Å²) >= 11 is 7.52. The first-order valence-electron chi connectivity index (χ1n) is 6.22. The molecule has 2 aromatic heterocycles. The van der Waals surface area contributed by atoms with Crippen LogP contribution in [-0.2, 0) is 0 Å². The summed E-state index contributed by atoms with van der Waals surface area (Å²) in [6.07, 6.45) is 2.65. The maximum Gasteiger partial charge on any atom is 0.264 e. The third-order valence-corrected chi connectivity index (χ3v) is 5.05. The number of hydrogen-bond acceptors (Lipinski definition) is 4. The van der Waals surface area contributed by atoms with Gasteiger partial charge in [0.1, 0.15) is 0 Å². The van der Waals surface area contributed by atoms with Gasteiger partial charge in [-0.25, -0.2) is 0 Å². The Morgan fingerprint density at radius 1 is 1.63 bits per heavy atom. The normalized spacial score (nSPS) is 19.3. The van der Waals surface area contributed by atoms with Crippen LogP contribution in [0.5, 0.6) is 0 Å². The Balaban J connectivity index is 1.88. The van der Waals surface area contributed by atoms with Crippen molar-refractivity contribution in [1.82, 2.24) is 9.88 Å². The van der Waals surface area contributed by atoms with Gasteiger partial charge in [0.15, 0.2) is 0 Å². The second-order valence-electron chi connectivity index (χ2n) is 4.76. The van der Waals surface area contributed by atoms with Gasteiger partial charge in [-0.1, -0.05) is 11.6 Å². The molecule has 100 valence electrons. The van der Waals surface area contributed by atoms with Crippen LogP contribution in [0.1, 0.15) is 16.1 Å². The van der Waals surface area contributed by atoms with Crippen molar-refractivity contribution in [2.45, 2.75) is 6.42 Å². The van der Waals surface area contributed by atoms with Crippen molar-refractivity contribution in [3.05, 3.63) is 28.2 Å². The summed E-state index contributed by atoms with van der Waals surface area (Å²) in [4.78, 5) is 19.2. The number of carbonyl (C=O) groups is 1. The SMILES string of the molecule is NCC1CCN(C(=O)c2cc3nccc(Cl)c3s2)C1. The van der Waals surface area contributed by atoms with Gasteiger partial charge in [0, 0.05) is 19.3 Å². The highest BCUT2D eigenvalue weighted by molar-refractivity contribution is 7.21. The van der Waals surface area contributed by atoms with Crippen molar-refractivity contribution in [2.24, 2.45) is 11.7 Å². The lowest BCUT2D eigenvalue weighted by molar-refractivity contribution is 0.0792. The highest BCUT2D eigenvalue weighted by Gasteiger charge is 2.27. The van der Waals surface area contributed by atoms with Crippen LogP contribution in [0.4, 0.5) is 0 Å². The number of thiophene rings is 1. The minimum Gasteiger partial charge on any atom is -0.338 e. The largest absolute Gasteiger partial charge is 0.338 e. The minimum absolute atomic E-state index is 0.0648. The Bertz CT molecular complexity index is 627. The zero-order chi connectivity index (χ0) is 13.4. The number of amides is 1. The van der Waals surface area contributed by atoms with E-state index in [2.05, 4.69) is 4.98 Å². The van der Waals surface area contributed by atoms with Gasteiger partial charge in [0.25, 0.3) is 5.91 Å². The van der Waals surface area contributed by atoms with E-state index < -0.39 is 0 Å². The molecule has 1 atom stereocenters. The number of hydrogen-bond donors (Lipinski definition) is 1. The number of nitrogens with two attached hydrogens (primary N) is 1. The van der Waals surface area contributed by atoms with Gasteiger partial charge in [-0.15, -0.1) is 11.3 Å². The van der Waals surface area contributed by atoms with Gasteiger partial charge in [0.05, 0.1) is 20.1 Å². The predicted molar refractivity (Wildman–Crippen MR) is 77.7 cm³/mol. The van der Waals surface area contributed by atoms with Crippen molar-refractivity contribution in [2.75, 3.05) is 19.6 Å². The molecule has 0 aromatic carbocycles. The van der Waals surface area contributed by atoms with Crippen LogP contribution in [0.3, 0.4) is 0 Å². The molecule has 0 spiro atoms. The fourth-order valence-electron chi connectivity index (χ4n) is 2.38. The molecule has 0 saturated carbocycles. The fourth-order valence-corrected chi connectivity index (χ4v) is 3.64. The summed E-state index contributed by atoms with van der Waals surface area (Å²) in [5.74, 6) is 0.495. The van der Waals surface area contributed by atoms with E-state index in [0.29, 0.717) is 22.4 Å². The third-order valence-electron chi connectivity index (χ3n) is 3.48. The zero-order valence-electron chi connectivity index (χ0n) is 10.3. The monoisotopic (exact) mass is 295 g/mol. The molecule has 6 heteroatoms. The first-order valence-corrected chi connectivity index (χ1v) is 7.42. The Hall–Kier alpha value is -1.17. The molecule has 1 aliphatic heterocycles. The number of rotatable bonds is 2. The summed E-state index contributed by atoms with van der Waals surface area (Å²) < 4.78 is 0.877. The lowest BCUT2D eigenvalue weighted by Crippen LogP contribution is -2.29. The van der Waals surface area contributed by atoms with Gasteiger partial charge < -0.3 is 10.6 Å². The number of fused-ring (bicyclic) bond motifs is 1. The summed E-state index contributed by atoms with van der Waals surface area (Å²) in [6, 6.07) is 3.57. The number of halogens is 1. The second-order valence-corrected chi connectivity index (χ2v) is 6.22. The quantitative estimate of drug-likeness (QED) is 0.925. The Kier molecular flexibility index (Phi) is 3.43. The van der Waals surface area contributed by atoms with Gasteiger partial charge in [-0.2, -0.15) is 0 Å². The van der Waals surface area contributed by atoms with E-state index in [0.717, 1.165) is 29.7 Å². The van der Waals surface area contributed by atoms with Crippen LogP contribution in [0.25, 0.3) is 10.2 Å². The molecule has 4 nitrogen and oxygen atoms in total. The second kappa shape index (κ2) is 5.07. The van der Waals surface area contributed by atoms with Crippen LogP contribution in [-0.4, -0.2) is 35.4 Å². The molecule has 1 fully saturated rings. The van der Waals surface area contributed by atoms with Crippen molar-refractivity contribution in [3.63, 3.8) is 0 Å². The average Bonchev–Trinajstić information content (AvgIpc) is 3.05. The third kappa shape index (κ3) is 2.33. The molecule has 3 rings (SSSR count). The van der Waals surface area contributed by atoms with Crippen molar-refractivity contribution >= 4 is 39.1 Å². The summed E-state index contributed by atoms with van der Waals surface area (Å²) in [5.41, 5.74) is 6.44. The van der Waals surface area contributed by atoms with E-state index in [4.69, 9.17) is 17.3 Å². The van der Waals surface area contributed by atoms with E-state index in [1.54, 1.807) is 12.3 Å². The number of likely N-dealkylation sites (tertiary alicyclic amines) is 1. The summed E-state index contributed by atoms with van der Waals surface area (Å²) in [6.45, 7) is 2.18. The van der Waals surface area contributed by atoms with Gasteiger partial charge in [-0.3, -0.25) is 9.78 Å². The molecule has 0 bridgehead atoms. The topological polar surface area (TPSA) is 59.2 Å². The van der Waals surface area contributed by atoms with E-state index in [-0.39, 0.29) is 5.91 Å². The van der Waals surface area contributed by atoms with Gasteiger partial charge in [-0.05, 0) is 31.0 Å². The molecule has 1 aliphatic rings. The Morgan fingerprint density at radius 3 is 3.16 bits per heavy atom. The maximum absolute atomic E-state index is 12.4. The Morgan fingerprint density at radius 2 is 2.47 bits per heavy atom. The van der Waals surface area contributed by atoms with Crippen LogP contribution < -0.4 is 5.73 Å². The zero-order valence-corrected chi connectivity index (χ0v) is 11.9. The maximum atomic E-state index is 12.4. The van der Waals surface area contributed by atoms with E-state index >= 15 is 0 Å². The molecule has 19 heavy (non-hydrogen) atoms. The van der Waals surface area contributed by atoms with E-state index in [9.17, 15) is 4.79 Å². The van der Waals surface area contributed by atoms with Crippen LogP contribution in [0.15, 0.2) is 18.3 Å². The number of pyridine rings is 1. The molecular formula is C13H14ClN3OS. The molecule has 3 heterocycles. The molecule has 2 aromatic rings. The van der Waals surface area contributed by atoms with Crippen molar-refractivity contribution in [3.8, 4) is 0 Å². The summed E-state index contributed by atoms with van der Waals surface area (Å²) in [7, 11) is 0. The molecule has 2 N–H and O–H groups in total. The minimum atomic E-state index is 0.0648. The highest BCUT2D eigenvalue weighted by Crippen LogP contribution is 2.31. The van der Waals surface area contributed by atoms with Gasteiger partial charge >= 0.3 is 0 Å². The van der Waals surface area contributed by atoms with Gasteiger partial charge in [0.2, 0.25) is 0 Å². The first-order chi connectivity index (χ1) is 9.19. The molecular weight excluding hydrogens is 282 g/mol. The number of carbonyl (C=O) groups excluding carboxylic acids is 1. The molecule has 1 unspecified atom stereocenters. The van der Waals surface area contributed by atoms with Crippen LogP contribution in [0.2, 0.25) is 5.02 Å². The average molecular weight is 296 g/mol. The molecule has 0 radical (unpaired) electrons. The molecule has 1 saturated heterocycles. The smallest absolute Gasteiger partial charge is 0.264 e. The predicted octanol–water partition coefficient (Wildman–Crippen LogP) is 2.37. The summed E-state index contributed by atoms with van der Waals surface area (Å²) in [5, 5.41) is 0.648. The number of aromatic nitrogens is 1. The number of nitrogens with zero attached hydrogens (tertiary/aromatic N) is 2. The van der Waals surface area contributed by atoms with E-state index in [1.807, 2.05) is 11.0 Å². The Labute approximate surface area is 120 Å². The lowest BCUT2D eigenvalue weighted by Gasteiger charge is -2.14. The lowest BCUT2D eigenvalue weighted by atomic mass is 10.1.